The molecule has 1 amide bonds. The van der Waals surface area contributed by atoms with Crippen LogP contribution in [0.25, 0.3) is 0 Å². The van der Waals surface area contributed by atoms with E-state index in [0.29, 0.717) is 17.8 Å². The van der Waals surface area contributed by atoms with Gasteiger partial charge < -0.3 is 10.1 Å². The van der Waals surface area contributed by atoms with Gasteiger partial charge >= 0.3 is 0 Å². The summed E-state index contributed by atoms with van der Waals surface area (Å²) < 4.78 is 30.8. The fraction of sp³-hybridized carbons (Fsp3) is 0.273. The Balaban J connectivity index is 1.85. The number of aliphatic imine (C=N–C) groups is 1. The molecule has 96 valence electrons. The van der Waals surface area contributed by atoms with E-state index in [1.807, 2.05) is 0 Å². The highest BCUT2D eigenvalue weighted by Gasteiger charge is 2.12. The van der Waals surface area contributed by atoms with Crippen LogP contribution < -0.4 is 10.1 Å². The molecule has 4 nitrogen and oxygen atoms in total. The molecular formula is C11H10F2N2O2S. The minimum Gasteiger partial charge on any atom is -0.481 e. The van der Waals surface area contributed by atoms with Crippen LogP contribution >= 0.6 is 11.8 Å². The zero-order valence-electron chi connectivity index (χ0n) is 9.28. The lowest BCUT2D eigenvalue weighted by Crippen LogP contribution is -2.32. The van der Waals surface area contributed by atoms with Crippen molar-refractivity contribution >= 4 is 22.8 Å². The lowest BCUT2D eigenvalue weighted by molar-refractivity contribution is -0.121. The molecule has 0 saturated carbocycles. The summed E-state index contributed by atoms with van der Waals surface area (Å²) in [4.78, 5) is 15.5. The zero-order chi connectivity index (χ0) is 13.0. The summed E-state index contributed by atoms with van der Waals surface area (Å²) in [5.41, 5.74) is 0. The molecule has 1 N–H and O–H groups in total. The standard InChI is InChI=1S/C11H10F2N2O2S/c12-7-1-2-9(8(13)5-7)17-6-10(16)15-11-14-3-4-18-11/h1-2,5H,3-4,6H2,(H,14,15,16). The molecule has 0 atom stereocenters. The third-order valence-corrected chi connectivity index (χ3v) is 2.98. The number of nitrogens with one attached hydrogen (secondary N) is 1. The monoisotopic (exact) mass is 272 g/mol. The van der Waals surface area contributed by atoms with Crippen LogP contribution in [-0.4, -0.2) is 30.0 Å². The highest BCUT2D eigenvalue weighted by atomic mass is 32.2. The van der Waals surface area contributed by atoms with E-state index < -0.39 is 17.5 Å². The van der Waals surface area contributed by atoms with Gasteiger partial charge in [0.05, 0.1) is 6.54 Å². The first-order chi connectivity index (χ1) is 8.65. The van der Waals surface area contributed by atoms with Crippen LogP contribution in [0.4, 0.5) is 8.78 Å². The van der Waals surface area contributed by atoms with Crippen molar-refractivity contribution in [3.8, 4) is 5.75 Å². The van der Waals surface area contributed by atoms with Gasteiger partial charge in [0.15, 0.2) is 23.3 Å². The summed E-state index contributed by atoms with van der Waals surface area (Å²) in [5, 5.41) is 3.08. The summed E-state index contributed by atoms with van der Waals surface area (Å²) in [6, 6.07) is 2.90. The number of halogens is 2. The van der Waals surface area contributed by atoms with Crippen molar-refractivity contribution in [3.05, 3.63) is 29.8 Å². The molecule has 0 aromatic heterocycles. The topological polar surface area (TPSA) is 50.7 Å². The summed E-state index contributed by atoms with van der Waals surface area (Å²) in [7, 11) is 0. The number of rotatable bonds is 3. The van der Waals surface area contributed by atoms with Gasteiger partial charge in [0.25, 0.3) is 5.91 Å². The van der Waals surface area contributed by atoms with Crippen LogP contribution in [0.5, 0.6) is 5.75 Å². The number of nitrogens with zero attached hydrogens (tertiary/aromatic N) is 1. The summed E-state index contributed by atoms with van der Waals surface area (Å²) in [6.07, 6.45) is 0. The van der Waals surface area contributed by atoms with E-state index in [1.165, 1.54) is 11.8 Å². The molecule has 0 unspecified atom stereocenters. The van der Waals surface area contributed by atoms with Gasteiger partial charge in [-0.25, -0.2) is 8.78 Å². The second-order valence-electron chi connectivity index (χ2n) is 3.45. The Morgan fingerprint density at radius 1 is 1.50 bits per heavy atom. The smallest absolute Gasteiger partial charge is 0.263 e. The molecule has 2 rings (SSSR count). The Morgan fingerprint density at radius 3 is 3.00 bits per heavy atom. The highest BCUT2D eigenvalue weighted by molar-refractivity contribution is 8.14. The average Bonchev–Trinajstić information content (AvgIpc) is 2.80. The third kappa shape index (κ3) is 3.43. The quantitative estimate of drug-likeness (QED) is 0.908. The largest absolute Gasteiger partial charge is 0.481 e. The Labute approximate surface area is 106 Å². The summed E-state index contributed by atoms with van der Waals surface area (Å²) >= 11 is 1.44. The second kappa shape index (κ2) is 5.81. The van der Waals surface area contributed by atoms with Crippen molar-refractivity contribution in [1.82, 2.24) is 5.32 Å². The Bertz CT molecular complexity index is 494. The molecule has 1 aliphatic rings. The summed E-state index contributed by atoms with van der Waals surface area (Å²) in [6.45, 7) is 0.329. The van der Waals surface area contributed by atoms with Crippen LogP contribution in [0.15, 0.2) is 23.2 Å². The van der Waals surface area contributed by atoms with Gasteiger partial charge in [-0.3, -0.25) is 9.79 Å². The number of amidine groups is 1. The molecule has 0 aliphatic carbocycles. The van der Waals surface area contributed by atoms with Gasteiger partial charge in [0, 0.05) is 11.8 Å². The Kier molecular flexibility index (Phi) is 4.14. The van der Waals surface area contributed by atoms with Gasteiger partial charge in [0.2, 0.25) is 0 Å². The van der Waals surface area contributed by atoms with Crippen molar-refractivity contribution in [3.63, 3.8) is 0 Å². The van der Waals surface area contributed by atoms with Gasteiger partial charge in [-0.15, -0.1) is 0 Å². The van der Waals surface area contributed by atoms with E-state index in [4.69, 9.17) is 4.74 Å². The summed E-state index contributed by atoms with van der Waals surface area (Å²) in [5.74, 6) is -1.28. The number of ether oxygens (including phenoxy) is 1. The minimum absolute atomic E-state index is 0.160. The fourth-order valence-corrected chi connectivity index (χ4v) is 2.05. The van der Waals surface area contributed by atoms with Crippen molar-refractivity contribution < 1.29 is 18.3 Å². The predicted molar refractivity (Wildman–Crippen MR) is 64.8 cm³/mol. The van der Waals surface area contributed by atoms with Crippen LogP contribution in [-0.2, 0) is 4.79 Å². The van der Waals surface area contributed by atoms with E-state index >= 15 is 0 Å². The van der Waals surface area contributed by atoms with Crippen molar-refractivity contribution in [1.29, 1.82) is 0 Å². The number of thioether (sulfide) groups is 1. The maximum absolute atomic E-state index is 13.2. The number of amides is 1. The van der Waals surface area contributed by atoms with Gasteiger partial charge in [0.1, 0.15) is 5.82 Å². The molecular weight excluding hydrogens is 262 g/mol. The van der Waals surface area contributed by atoms with E-state index in [-0.39, 0.29) is 12.4 Å². The molecule has 18 heavy (non-hydrogen) atoms. The second-order valence-corrected chi connectivity index (χ2v) is 4.53. The number of carbonyl (C=O) groups is 1. The van der Waals surface area contributed by atoms with Crippen LogP contribution in [0.2, 0.25) is 0 Å². The Hall–Kier alpha value is -1.63. The van der Waals surface area contributed by atoms with Crippen molar-refractivity contribution in [2.45, 2.75) is 0 Å². The zero-order valence-corrected chi connectivity index (χ0v) is 10.1. The lowest BCUT2D eigenvalue weighted by Gasteiger charge is -2.07. The number of carbonyl (C=O) groups excluding carboxylic acids is 1. The number of benzene rings is 1. The van der Waals surface area contributed by atoms with Crippen LogP contribution in [0, 0.1) is 11.6 Å². The molecule has 1 heterocycles. The predicted octanol–water partition coefficient (Wildman–Crippen LogP) is 1.56. The molecule has 0 spiro atoms. The molecule has 0 bridgehead atoms. The van der Waals surface area contributed by atoms with E-state index in [2.05, 4.69) is 10.3 Å². The maximum atomic E-state index is 13.2. The first-order valence-electron chi connectivity index (χ1n) is 5.20. The third-order valence-electron chi connectivity index (χ3n) is 2.08. The fourth-order valence-electron chi connectivity index (χ4n) is 1.30. The van der Waals surface area contributed by atoms with Gasteiger partial charge in [-0.2, -0.15) is 0 Å². The van der Waals surface area contributed by atoms with Crippen molar-refractivity contribution in [2.24, 2.45) is 4.99 Å². The molecule has 0 saturated heterocycles. The van der Waals surface area contributed by atoms with E-state index in [0.717, 1.165) is 17.9 Å². The first-order valence-corrected chi connectivity index (χ1v) is 6.18. The average molecular weight is 272 g/mol. The number of hydrogen-bond acceptors (Lipinski definition) is 4. The van der Waals surface area contributed by atoms with E-state index in [9.17, 15) is 13.6 Å². The molecule has 1 aliphatic heterocycles. The van der Waals surface area contributed by atoms with Crippen LogP contribution in [0.3, 0.4) is 0 Å². The van der Waals surface area contributed by atoms with Gasteiger partial charge in [-0.05, 0) is 12.1 Å². The molecule has 7 heteroatoms. The molecule has 1 aromatic rings. The minimum atomic E-state index is -0.838. The Morgan fingerprint density at radius 2 is 2.33 bits per heavy atom. The lowest BCUT2D eigenvalue weighted by atomic mass is 10.3. The molecule has 1 aromatic carbocycles. The maximum Gasteiger partial charge on any atom is 0.263 e. The SMILES string of the molecule is O=C(COc1ccc(F)cc1F)NC1=NCCS1. The first kappa shape index (κ1) is 12.8. The van der Waals surface area contributed by atoms with Crippen LogP contribution in [0.1, 0.15) is 0 Å². The molecule has 0 radical (unpaired) electrons. The number of hydrogen-bond donors (Lipinski definition) is 1. The van der Waals surface area contributed by atoms with Crippen molar-refractivity contribution in [2.75, 3.05) is 18.9 Å². The van der Waals surface area contributed by atoms with Gasteiger partial charge in [-0.1, -0.05) is 11.8 Å². The highest BCUT2D eigenvalue weighted by Crippen LogP contribution is 2.17. The van der Waals surface area contributed by atoms with E-state index in [1.54, 1.807) is 0 Å². The normalized spacial score (nSPS) is 14.2. The molecule has 0 fully saturated rings.